The molecule has 6 heteroatoms. The third kappa shape index (κ3) is 5.99. The SMILES string of the molecule is Cc1ccc(OC(=O)CCBr)cc1CO[O-].[Na+]. The second kappa shape index (κ2) is 9.08. The molecule has 0 aromatic heterocycles. The maximum atomic E-state index is 11.2. The van der Waals surface area contributed by atoms with Gasteiger partial charge in [0, 0.05) is 5.33 Å². The number of hydrogen-bond donors (Lipinski definition) is 0. The van der Waals surface area contributed by atoms with Crippen LogP contribution >= 0.6 is 15.9 Å². The Labute approximate surface area is 131 Å². The van der Waals surface area contributed by atoms with E-state index >= 15 is 0 Å². The number of carbonyl (C=O) groups is 1. The number of esters is 1. The van der Waals surface area contributed by atoms with E-state index in [1.54, 1.807) is 18.2 Å². The molecule has 0 aliphatic rings. The fraction of sp³-hybridized carbons (Fsp3) is 0.364. The fourth-order valence-electron chi connectivity index (χ4n) is 1.19. The zero-order valence-electron chi connectivity index (χ0n) is 9.86. The summed E-state index contributed by atoms with van der Waals surface area (Å²) >= 11 is 3.15. The fourth-order valence-corrected chi connectivity index (χ4v) is 1.51. The average Bonchev–Trinajstić information content (AvgIpc) is 2.24. The van der Waals surface area contributed by atoms with Crippen molar-refractivity contribution in [1.82, 2.24) is 0 Å². The molecular formula is C11H12BrNaO4. The number of benzene rings is 1. The van der Waals surface area contributed by atoms with Crippen LogP contribution < -0.4 is 39.6 Å². The average molecular weight is 311 g/mol. The molecule has 88 valence electrons. The van der Waals surface area contributed by atoms with E-state index < -0.39 is 0 Å². The summed E-state index contributed by atoms with van der Waals surface area (Å²) in [5, 5.41) is 10.6. The Kier molecular flexibility index (Phi) is 9.13. The van der Waals surface area contributed by atoms with Crippen molar-refractivity contribution < 1.29 is 49.2 Å². The molecule has 0 amide bonds. The van der Waals surface area contributed by atoms with Crippen LogP contribution in [0.5, 0.6) is 5.75 Å². The van der Waals surface area contributed by atoms with Crippen LogP contribution in [0.4, 0.5) is 0 Å². The van der Waals surface area contributed by atoms with Crippen molar-refractivity contribution in [3.8, 4) is 5.75 Å². The Morgan fingerprint density at radius 3 is 2.76 bits per heavy atom. The first-order chi connectivity index (χ1) is 7.67. The van der Waals surface area contributed by atoms with Crippen LogP contribution in [0.15, 0.2) is 18.2 Å². The molecule has 1 aromatic rings. The predicted octanol–water partition coefficient (Wildman–Crippen LogP) is -1.52. The van der Waals surface area contributed by atoms with Gasteiger partial charge in [-0.3, -0.25) is 4.79 Å². The minimum absolute atomic E-state index is 0. The second-order valence-electron chi connectivity index (χ2n) is 3.26. The number of aryl methyl sites for hydroxylation is 1. The minimum atomic E-state index is -0.310. The van der Waals surface area contributed by atoms with Crippen LogP contribution in [0.25, 0.3) is 0 Å². The van der Waals surface area contributed by atoms with Crippen molar-refractivity contribution >= 4 is 21.9 Å². The second-order valence-corrected chi connectivity index (χ2v) is 4.06. The van der Waals surface area contributed by atoms with E-state index in [2.05, 4.69) is 20.8 Å². The molecule has 0 saturated heterocycles. The smallest absolute Gasteiger partial charge is 0.723 e. The first-order valence-corrected chi connectivity index (χ1v) is 5.90. The summed E-state index contributed by atoms with van der Waals surface area (Å²) in [7, 11) is 0. The van der Waals surface area contributed by atoms with Crippen LogP contribution in [-0.2, 0) is 16.3 Å². The topological polar surface area (TPSA) is 58.6 Å². The molecule has 0 saturated carbocycles. The molecule has 0 aliphatic carbocycles. The van der Waals surface area contributed by atoms with Gasteiger partial charge in [0.1, 0.15) is 5.75 Å². The molecule has 0 bridgehead atoms. The zero-order chi connectivity index (χ0) is 12.0. The van der Waals surface area contributed by atoms with Crippen LogP contribution in [0.3, 0.4) is 0 Å². The summed E-state index contributed by atoms with van der Waals surface area (Å²) in [5.74, 6) is 0.123. The van der Waals surface area contributed by atoms with Gasteiger partial charge in [-0.15, -0.1) is 0 Å². The molecule has 0 heterocycles. The van der Waals surface area contributed by atoms with Gasteiger partial charge in [-0.2, -0.15) is 0 Å². The van der Waals surface area contributed by atoms with Gasteiger partial charge in [0.05, 0.1) is 13.0 Å². The van der Waals surface area contributed by atoms with Gasteiger partial charge in [0.25, 0.3) is 0 Å². The monoisotopic (exact) mass is 310 g/mol. The van der Waals surface area contributed by atoms with Gasteiger partial charge in [-0.1, -0.05) is 22.0 Å². The van der Waals surface area contributed by atoms with Gasteiger partial charge >= 0.3 is 35.5 Å². The van der Waals surface area contributed by atoms with E-state index in [9.17, 15) is 10.1 Å². The molecule has 0 spiro atoms. The van der Waals surface area contributed by atoms with Crippen LogP contribution in [-0.4, -0.2) is 11.3 Å². The molecule has 0 N–H and O–H groups in total. The Morgan fingerprint density at radius 1 is 1.47 bits per heavy atom. The van der Waals surface area contributed by atoms with Crippen molar-refractivity contribution in [2.75, 3.05) is 5.33 Å². The van der Waals surface area contributed by atoms with Gasteiger partial charge in [0.2, 0.25) is 0 Å². The normalized spacial score (nSPS) is 9.59. The maximum Gasteiger partial charge on any atom is 1.00 e. The van der Waals surface area contributed by atoms with E-state index in [0.717, 1.165) is 11.1 Å². The molecule has 0 unspecified atom stereocenters. The number of alkyl halides is 1. The number of carbonyl (C=O) groups excluding carboxylic acids is 1. The summed E-state index contributed by atoms with van der Waals surface area (Å²) in [6.07, 6.45) is 0.307. The van der Waals surface area contributed by atoms with Crippen molar-refractivity contribution in [2.45, 2.75) is 20.0 Å². The molecule has 1 aromatic carbocycles. The minimum Gasteiger partial charge on any atom is -0.723 e. The van der Waals surface area contributed by atoms with Crippen LogP contribution in [0, 0.1) is 6.92 Å². The van der Waals surface area contributed by atoms with Crippen molar-refractivity contribution in [2.24, 2.45) is 0 Å². The van der Waals surface area contributed by atoms with Gasteiger partial charge in [-0.05, 0) is 30.2 Å². The van der Waals surface area contributed by atoms with Gasteiger partial charge < -0.3 is 14.9 Å². The van der Waals surface area contributed by atoms with Gasteiger partial charge in [0.15, 0.2) is 0 Å². The van der Waals surface area contributed by atoms with Crippen LogP contribution in [0.1, 0.15) is 17.5 Å². The quantitative estimate of drug-likeness (QED) is 0.166. The van der Waals surface area contributed by atoms with E-state index in [1.807, 2.05) is 6.92 Å². The molecule has 0 aliphatic heterocycles. The Morgan fingerprint density at radius 2 is 2.18 bits per heavy atom. The standard InChI is InChI=1S/C11H13BrO4.Na/c1-8-2-3-10(6-9(8)7-15-14)16-11(13)4-5-12;/h2-3,6,14H,4-5,7H2,1H3;/q;+1/p-1. The first-order valence-electron chi connectivity index (χ1n) is 4.78. The number of halogens is 1. The molecule has 1 rings (SSSR count). The summed E-state index contributed by atoms with van der Waals surface area (Å²) in [5.41, 5.74) is 1.65. The summed E-state index contributed by atoms with van der Waals surface area (Å²) in [4.78, 5) is 15.0. The number of ether oxygens (including phenoxy) is 1. The van der Waals surface area contributed by atoms with Crippen LogP contribution in [0.2, 0.25) is 0 Å². The van der Waals surface area contributed by atoms with E-state index in [-0.39, 0.29) is 42.1 Å². The molecule has 0 atom stereocenters. The molecule has 17 heavy (non-hydrogen) atoms. The molecular weight excluding hydrogens is 299 g/mol. The van der Waals surface area contributed by atoms with E-state index in [0.29, 0.717) is 17.5 Å². The third-order valence-corrected chi connectivity index (χ3v) is 2.46. The summed E-state index contributed by atoms with van der Waals surface area (Å²) in [6, 6.07) is 5.11. The largest absolute Gasteiger partial charge is 1.00 e. The first kappa shape index (κ1) is 17.1. The van der Waals surface area contributed by atoms with Crippen molar-refractivity contribution in [3.63, 3.8) is 0 Å². The predicted molar refractivity (Wildman–Crippen MR) is 60.0 cm³/mol. The van der Waals surface area contributed by atoms with Gasteiger partial charge in [-0.25, -0.2) is 0 Å². The third-order valence-electron chi connectivity index (χ3n) is 2.07. The van der Waals surface area contributed by atoms with Crippen molar-refractivity contribution in [1.29, 1.82) is 0 Å². The van der Waals surface area contributed by atoms with E-state index in [1.165, 1.54) is 0 Å². The summed E-state index contributed by atoms with van der Waals surface area (Å²) in [6.45, 7) is 1.83. The van der Waals surface area contributed by atoms with Crippen molar-refractivity contribution in [3.05, 3.63) is 29.3 Å². The van der Waals surface area contributed by atoms with E-state index in [4.69, 9.17) is 4.74 Å². The Balaban J connectivity index is 0.00000256. The summed E-state index contributed by atoms with van der Waals surface area (Å²) < 4.78 is 5.07. The molecule has 4 nitrogen and oxygen atoms in total. The number of rotatable bonds is 5. The Hall–Kier alpha value is 0.0900. The maximum absolute atomic E-state index is 11.2. The Bertz CT molecular complexity index is 370. The number of hydrogen-bond acceptors (Lipinski definition) is 4. The molecule has 0 radical (unpaired) electrons. The zero-order valence-corrected chi connectivity index (χ0v) is 13.5. The molecule has 0 fully saturated rings.